The Morgan fingerprint density at radius 2 is 0.955 bits per heavy atom. The van der Waals surface area contributed by atoms with Crippen LogP contribution in [0.5, 0.6) is 0 Å². The highest BCUT2D eigenvalue weighted by Crippen LogP contribution is 2.40. The molecule has 12 heteroatoms. The smallest absolute Gasteiger partial charge is 0.263 e. The summed E-state index contributed by atoms with van der Waals surface area (Å²) in [6.45, 7) is 3.29. The topological polar surface area (TPSA) is 111 Å². The Bertz CT molecular complexity index is 2630. The van der Waals surface area contributed by atoms with Gasteiger partial charge in [0.2, 0.25) is 0 Å². The zero-order chi connectivity index (χ0) is 30.7. The molecule has 0 aliphatic rings. The van der Waals surface area contributed by atoms with E-state index in [0.717, 1.165) is 62.8 Å². The van der Waals surface area contributed by atoms with Gasteiger partial charge in [-0.15, -0.1) is 22.7 Å². The van der Waals surface area contributed by atoms with Crippen LogP contribution in [0.2, 0.25) is 0 Å². The molecule has 0 spiro atoms. The van der Waals surface area contributed by atoms with Gasteiger partial charge in [-0.25, -0.2) is 16.8 Å². The Labute approximate surface area is 259 Å². The maximum Gasteiger partial charge on any atom is 0.263 e. The largest absolute Gasteiger partial charge is 0.275 e. The quantitative estimate of drug-likeness (QED) is 0.195. The van der Waals surface area contributed by atoms with Crippen LogP contribution in [0.15, 0.2) is 58.1 Å². The van der Waals surface area contributed by atoms with Crippen LogP contribution in [-0.4, -0.2) is 48.6 Å². The average molecular weight is 663 g/mol. The van der Waals surface area contributed by atoms with Crippen LogP contribution >= 0.6 is 22.7 Å². The number of hydrogen-bond acceptors (Lipinski definition) is 8. The highest BCUT2D eigenvalue weighted by atomic mass is 32.2. The van der Waals surface area contributed by atoms with E-state index in [9.17, 15) is 26.4 Å². The lowest BCUT2D eigenvalue weighted by atomic mass is 9.95. The Kier molecular flexibility index (Phi) is 6.01. The van der Waals surface area contributed by atoms with Gasteiger partial charge in [0.05, 0.1) is 43.0 Å². The van der Waals surface area contributed by atoms with Gasteiger partial charge in [-0.1, -0.05) is 26.0 Å². The lowest BCUT2D eigenvalue weighted by Crippen LogP contribution is -2.16. The molecule has 2 aromatic carbocycles. The molecule has 0 saturated heterocycles. The third kappa shape index (κ3) is 3.97. The number of pyridine rings is 2. The van der Waals surface area contributed by atoms with E-state index in [0.29, 0.717) is 23.6 Å². The van der Waals surface area contributed by atoms with E-state index < -0.39 is 19.7 Å². The Balaban J connectivity index is 1.34. The normalized spacial score (nSPS) is 13.4. The predicted octanol–water partition coefficient (Wildman–Crippen LogP) is 5.63. The van der Waals surface area contributed by atoms with Crippen molar-refractivity contribution in [1.29, 1.82) is 0 Å². The van der Waals surface area contributed by atoms with Crippen molar-refractivity contribution in [2.45, 2.75) is 26.7 Å². The van der Waals surface area contributed by atoms with E-state index in [1.165, 1.54) is 22.7 Å². The number of benzene rings is 2. The van der Waals surface area contributed by atoms with Gasteiger partial charge >= 0.3 is 0 Å². The number of aromatic nitrogens is 2. The number of fused-ring (bicyclic) bond motifs is 8. The van der Waals surface area contributed by atoms with Crippen LogP contribution in [0.4, 0.5) is 0 Å². The van der Waals surface area contributed by atoms with Crippen molar-refractivity contribution < 1.29 is 16.8 Å². The first-order chi connectivity index (χ1) is 21.0. The summed E-state index contributed by atoms with van der Waals surface area (Å²) < 4.78 is 53.5. The number of hydrogen-bond donors (Lipinski definition) is 0. The molecule has 8 aromatic rings. The maximum atomic E-state index is 14.0. The number of sulfone groups is 2. The molecule has 0 bridgehead atoms. The van der Waals surface area contributed by atoms with Crippen LogP contribution in [0, 0.1) is 0 Å². The van der Waals surface area contributed by atoms with E-state index >= 15 is 0 Å². The second-order valence-electron chi connectivity index (χ2n) is 11.3. The molecule has 8 nitrogen and oxygen atoms in total. The summed E-state index contributed by atoms with van der Waals surface area (Å²) in [5.74, 6) is 0.373. The van der Waals surface area contributed by atoms with Crippen LogP contribution < -0.4 is 11.1 Å². The Morgan fingerprint density at radius 3 is 1.34 bits per heavy atom. The summed E-state index contributed by atoms with van der Waals surface area (Å²) in [7, 11) is -6.20. The Morgan fingerprint density at radius 1 is 0.568 bits per heavy atom. The zero-order valence-electron chi connectivity index (χ0n) is 23.8. The highest BCUT2D eigenvalue weighted by Gasteiger charge is 2.23. The minimum atomic E-state index is -3.10. The van der Waals surface area contributed by atoms with Crippen LogP contribution in [0.3, 0.4) is 0 Å². The second kappa shape index (κ2) is 9.46. The molecule has 0 atom stereocenters. The molecule has 0 unspecified atom stereocenters. The highest BCUT2D eigenvalue weighted by molar-refractivity contribution is 7.91. The zero-order valence-corrected chi connectivity index (χ0v) is 27.1. The molecule has 0 aliphatic carbocycles. The molecule has 0 aliphatic heterocycles. The first kappa shape index (κ1) is 27.9. The molecule has 0 saturated carbocycles. The number of rotatable bonds is 8. The van der Waals surface area contributed by atoms with Crippen molar-refractivity contribution >= 4 is 106 Å². The van der Waals surface area contributed by atoms with Crippen molar-refractivity contribution in [1.82, 2.24) is 8.80 Å². The standard InChI is InChI=1S/C32H26N2O6S4/c1-3-43(37,38)11-9-17-13-25-27(41-17)15-23-19-5-8-22-30-20(6-7-21(29(19)30)31(35)33(23)25)24-16-28-26(34(24)32(22)36)14-18(42-28)10-12-44(39,40)4-2/h5-8,13-16H,3-4,9-12H2,1-2H3. The fourth-order valence-electron chi connectivity index (χ4n) is 6.49. The van der Waals surface area contributed by atoms with Gasteiger partial charge in [0, 0.05) is 53.6 Å². The predicted molar refractivity (Wildman–Crippen MR) is 183 cm³/mol. The third-order valence-electron chi connectivity index (χ3n) is 8.86. The summed E-state index contributed by atoms with van der Waals surface area (Å²) in [6.07, 6.45) is 0.826. The van der Waals surface area contributed by atoms with E-state index in [2.05, 4.69) is 0 Å². The molecule has 0 radical (unpaired) electrons. The molecule has 0 amide bonds. The van der Waals surface area contributed by atoms with Crippen molar-refractivity contribution in [3.63, 3.8) is 0 Å². The van der Waals surface area contributed by atoms with Gasteiger partial charge < -0.3 is 0 Å². The SMILES string of the molecule is CCS(=O)(=O)CCc1cc2c(cc3c4ccc5c(=O)n6c7cc(CCS(=O)(=O)CC)sc7cc6c6ccc(c(=O)n23)c4c56)s1. The van der Waals surface area contributed by atoms with Crippen LogP contribution in [-0.2, 0) is 32.5 Å². The number of thiophene rings is 2. The summed E-state index contributed by atoms with van der Waals surface area (Å²) >= 11 is 3.02. The summed E-state index contributed by atoms with van der Waals surface area (Å²) in [5.41, 5.74) is 2.73. The van der Waals surface area contributed by atoms with Gasteiger partial charge in [-0.05, 0) is 49.2 Å². The maximum absolute atomic E-state index is 14.0. The first-order valence-corrected chi connectivity index (χ1v) is 19.7. The minimum Gasteiger partial charge on any atom is -0.275 e. The van der Waals surface area contributed by atoms with Gasteiger partial charge in [0.1, 0.15) is 19.7 Å². The van der Waals surface area contributed by atoms with Crippen molar-refractivity contribution in [3.05, 3.63) is 79.0 Å². The Hall–Kier alpha value is -3.58. The van der Waals surface area contributed by atoms with Crippen LogP contribution in [0.25, 0.3) is 63.8 Å². The molecule has 0 N–H and O–H groups in total. The van der Waals surface area contributed by atoms with E-state index in [-0.39, 0.29) is 34.1 Å². The van der Waals surface area contributed by atoms with Crippen LogP contribution in [0.1, 0.15) is 23.6 Å². The molecule has 8 rings (SSSR count). The van der Waals surface area contributed by atoms with Gasteiger partial charge in [0.15, 0.2) is 0 Å². The average Bonchev–Trinajstić information content (AvgIpc) is 3.76. The second-order valence-corrected chi connectivity index (χ2v) is 18.6. The van der Waals surface area contributed by atoms with Gasteiger partial charge in [-0.2, -0.15) is 0 Å². The lowest BCUT2D eigenvalue weighted by Gasteiger charge is -2.13. The van der Waals surface area contributed by atoms with E-state index in [1.54, 1.807) is 22.6 Å². The summed E-state index contributed by atoms with van der Waals surface area (Å²) in [5, 5.41) is 4.36. The molecule has 44 heavy (non-hydrogen) atoms. The van der Waals surface area contributed by atoms with E-state index in [4.69, 9.17) is 0 Å². The van der Waals surface area contributed by atoms with Crippen molar-refractivity contribution in [2.75, 3.05) is 23.0 Å². The first-order valence-electron chi connectivity index (χ1n) is 14.4. The molecule has 224 valence electrons. The summed E-state index contributed by atoms with van der Waals surface area (Å²) in [4.78, 5) is 29.9. The lowest BCUT2D eigenvalue weighted by molar-refractivity contribution is 0.595. The monoisotopic (exact) mass is 662 g/mol. The molecule has 0 fully saturated rings. The minimum absolute atomic E-state index is 0.0800. The third-order valence-corrected chi connectivity index (χ3v) is 14.5. The number of aryl methyl sites for hydroxylation is 2. The van der Waals surface area contributed by atoms with E-state index in [1.807, 2.05) is 48.5 Å². The molecule has 6 aromatic heterocycles. The molecule has 6 heterocycles. The fourth-order valence-corrected chi connectivity index (χ4v) is 10.6. The van der Waals surface area contributed by atoms with Crippen molar-refractivity contribution in [2.24, 2.45) is 0 Å². The number of nitrogens with zero attached hydrogens (tertiary/aromatic N) is 2. The molecular formula is C32H26N2O6S4. The molecular weight excluding hydrogens is 637 g/mol. The van der Waals surface area contributed by atoms with Gasteiger partial charge in [0.25, 0.3) is 11.1 Å². The fraction of sp³-hybridized carbons (Fsp3) is 0.250. The summed E-state index contributed by atoms with van der Waals surface area (Å²) in [6, 6.07) is 15.3. The van der Waals surface area contributed by atoms with Crippen molar-refractivity contribution in [3.8, 4) is 0 Å². The van der Waals surface area contributed by atoms with Gasteiger partial charge in [-0.3, -0.25) is 18.4 Å².